The third kappa shape index (κ3) is 6.15. The number of fused-ring (bicyclic) bond motifs is 1. The van der Waals surface area contributed by atoms with Crippen LogP contribution in [-0.4, -0.2) is 54.7 Å². The minimum Gasteiger partial charge on any atom is -0.365 e. The second-order valence-electron chi connectivity index (χ2n) is 10.0. The van der Waals surface area contributed by atoms with Crippen molar-refractivity contribution in [3.05, 3.63) is 95.6 Å². The molecular weight excluding hydrogens is 556 g/mol. The standard InChI is InChI=1S/C29H32O9S2/c1-19-9-13-22(14-10-19)39(30,31)37-27-26-25(18-17-24(35-26)21-7-5-4-6-8-21)36-29(34-3)28(27)38-40(32,33)23-15-11-20(2)12-16-23/h4-16,24-29H,17-18H2,1-3H3/t24-,25+,26-,27-,28+,29+/m0/s1. The second kappa shape index (κ2) is 11.7. The van der Waals surface area contributed by atoms with E-state index >= 15 is 0 Å². The van der Waals surface area contributed by atoms with Crippen LogP contribution in [0.25, 0.3) is 0 Å². The fraction of sp³-hybridized carbons (Fsp3) is 0.379. The van der Waals surface area contributed by atoms with Gasteiger partial charge in [0, 0.05) is 7.11 Å². The van der Waals surface area contributed by atoms with Gasteiger partial charge in [-0.3, -0.25) is 8.37 Å². The Bertz CT molecular complexity index is 1510. The normalized spacial score (nSPS) is 27.2. The van der Waals surface area contributed by atoms with Gasteiger partial charge in [0.2, 0.25) is 0 Å². The van der Waals surface area contributed by atoms with Crippen LogP contribution in [0.5, 0.6) is 0 Å². The minimum atomic E-state index is -4.37. The number of methoxy groups -OCH3 is 1. The highest BCUT2D eigenvalue weighted by molar-refractivity contribution is 7.87. The SMILES string of the molecule is CO[C@@H]1O[C@@H]2CC[C@@H](c3ccccc3)O[C@@H]2[C@H](OS(=O)(=O)c2ccc(C)cc2)[C@H]1OS(=O)(=O)c1ccc(C)cc1. The van der Waals surface area contributed by atoms with Gasteiger partial charge in [0.05, 0.1) is 22.0 Å². The molecular formula is C29H32O9S2. The zero-order valence-electron chi connectivity index (χ0n) is 22.4. The molecule has 0 aromatic heterocycles. The highest BCUT2D eigenvalue weighted by atomic mass is 32.2. The molecule has 3 aromatic rings. The summed E-state index contributed by atoms with van der Waals surface area (Å²) in [6.07, 6.45) is -5.00. The molecule has 2 heterocycles. The Labute approximate surface area is 235 Å². The maximum absolute atomic E-state index is 13.5. The molecule has 0 unspecified atom stereocenters. The first-order valence-electron chi connectivity index (χ1n) is 13.0. The average Bonchev–Trinajstić information content (AvgIpc) is 2.94. The van der Waals surface area contributed by atoms with Crippen molar-refractivity contribution >= 4 is 20.2 Å². The highest BCUT2D eigenvalue weighted by Crippen LogP contribution is 2.41. The second-order valence-corrected chi connectivity index (χ2v) is 13.2. The lowest BCUT2D eigenvalue weighted by molar-refractivity contribution is -0.305. The molecule has 0 bridgehead atoms. The Morgan fingerprint density at radius 1 is 0.675 bits per heavy atom. The van der Waals surface area contributed by atoms with Crippen molar-refractivity contribution in [2.24, 2.45) is 0 Å². The summed E-state index contributed by atoms with van der Waals surface area (Å²) in [6.45, 7) is 3.67. The number of rotatable bonds is 8. The van der Waals surface area contributed by atoms with Crippen LogP contribution in [0, 0.1) is 13.8 Å². The molecule has 2 saturated heterocycles. The Kier molecular flexibility index (Phi) is 8.44. The maximum Gasteiger partial charge on any atom is 0.297 e. The number of aryl methyl sites for hydroxylation is 2. The lowest BCUT2D eigenvalue weighted by Crippen LogP contribution is -2.62. The molecule has 2 fully saturated rings. The Balaban J connectivity index is 1.53. The Hall–Kier alpha value is -2.64. The molecule has 214 valence electrons. The topological polar surface area (TPSA) is 114 Å². The van der Waals surface area contributed by atoms with E-state index in [0.717, 1.165) is 16.7 Å². The third-order valence-corrected chi connectivity index (χ3v) is 9.77. The van der Waals surface area contributed by atoms with Crippen LogP contribution in [0.1, 0.15) is 35.6 Å². The smallest absolute Gasteiger partial charge is 0.297 e. The zero-order chi connectivity index (χ0) is 28.5. The van der Waals surface area contributed by atoms with Gasteiger partial charge in [-0.1, -0.05) is 65.7 Å². The summed E-state index contributed by atoms with van der Waals surface area (Å²) in [7, 11) is -7.40. The summed E-state index contributed by atoms with van der Waals surface area (Å²) in [6, 6.07) is 21.8. The highest BCUT2D eigenvalue weighted by Gasteiger charge is 2.54. The molecule has 2 aliphatic rings. The van der Waals surface area contributed by atoms with Crippen molar-refractivity contribution in [2.45, 2.75) is 73.3 Å². The van der Waals surface area contributed by atoms with E-state index < -0.39 is 50.9 Å². The molecule has 40 heavy (non-hydrogen) atoms. The fourth-order valence-corrected chi connectivity index (χ4v) is 7.14. The number of hydrogen-bond donors (Lipinski definition) is 0. The fourth-order valence-electron chi connectivity index (χ4n) is 4.98. The van der Waals surface area contributed by atoms with Crippen LogP contribution in [0.15, 0.2) is 88.7 Å². The van der Waals surface area contributed by atoms with E-state index in [1.54, 1.807) is 24.3 Å². The molecule has 6 atom stereocenters. The van der Waals surface area contributed by atoms with Crippen molar-refractivity contribution < 1.29 is 39.4 Å². The van der Waals surface area contributed by atoms with Crippen LogP contribution < -0.4 is 0 Å². The van der Waals surface area contributed by atoms with Gasteiger partial charge >= 0.3 is 0 Å². The van der Waals surface area contributed by atoms with Crippen molar-refractivity contribution in [3.63, 3.8) is 0 Å². The molecule has 2 aliphatic heterocycles. The lowest BCUT2D eigenvalue weighted by Gasteiger charge is -2.48. The van der Waals surface area contributed by atoms with Crippen LogP contribution in [0.2, 0.25) is 0 Å². The van der Waals surface area contributed by atoms with E-state index in [0.29, 0.717) is 12.8 Å². The van der Waals surface area contributed by atoms with E-state index in [1.807, 2.05) is 44.2 Å². The van der Waals surface area contributed by atoms with Gasteiger partial charge in [-0.15, -0.1) is 0 Å². The summed E-state index contributed by atoms with van der Waals surface area (Å²) in [4.78, 5) is -0.174. The van der Waals surface area contributed by atoms with Crippen LogP contribution in [-0.2, 0) is 42.8 Å². The van der Waals surface area contributed by atoms with Crippen LogP contribution in [0.3, 0.4) is 0 Å². The van der Waals surface area contributed by atoms with Gasteiger partial charge in [-0.25, -0.2) is 0 Å². The summed E-state index contributed by atoms with van der Waals surface area (Å²) >= 11 is 0. The molecule has 11 heteroatoms. The van der Waals surface area contributed by atoms with Crippen LogP contribution in [0.4, 0.5) is 0 Å². The number of hydrogen-bond acceptors (Lipinski definition) is 9. The lowest BCUT2D eigenvalue weighted by atomic mass is 9.90. The Morgan fingerprint density at radius 3 is 1.73 bits per heavy atom. The maximum atomic E-state index is 13.5. The zero-order valence-corrected chi connectivity index (χ0v) is 24.0. The van der Waals surface area contributed by atoms with Gasteiger partial charge in [0.25, 0.3) is 20.2 Å². The van der Waals surface area contributed by atoms with E-state index in [2.05, 4.69) is 0 Å². The summed E-state index contributed by atoms with van der Waals surface area (Å²) in [5, 5.41) is 0. The first-order valence-corrected chi connectivity index (χ1v) is 15.8. The molecule has 0 aliphatic carbocycles. The first kappa shape index (κ1) is 28.9. The molecule has 0 spiro atoms. The van der Waals surface area contributed by atoms with E-state index in [1.165, 1.54) is 31.4 Å². The molecule has 3 aromatic carbocycles. The van der Waals surface area contributed by atoms with Gasteiger partial charge in [0.1, 0.15) is 12.2 Å². The van der Waals surface area contributed by atoms with E-state index in [-0.39, 0.29) is 15.9 Å². The minimum absolute atomic E-state index is 0.0781. The predicted molar refractivity (Wildman–Crippen MR) is 145 cm³/mol. The quantitative estimate of drug-likeness (QED) is 0.352. The Morgan fingerprint density at radius 2 is 1.20 bits per heavy atom. The van der Waals surface area contributed by atoms with Crippen LogP contribution >= 0.6 is 0 Å². The molecule has 0 saturated carbocycles. The monoisotopic (exact) mass is 588 g/mol. The average molecular weight is 589 g/mol. The molecule has 9 nitrogen and oxygen atoms in total. The van der Waals surface area contributed by atoms with Gasteiger partial charge in [-0.05, 0) is 56.5 Å². The predicted octanol–water partition coefficient (Wildman–Crippen LogP) is 4.44. The molecule has 0 radical (unpaired) electrons. The summed E-state index contributed by atoms with van der Waals surface area (Å²) in [5.74, 6) is 0. The van der Waals surface area contributed by atoms with Crippen molar-refractivity contribution in [3.8, 4) is 0 Å². The first-order chi connectivity index (χ1) is 19.1. The summed E-state index contributed by atoms with van der Waals surface area (Å²) < 4.78 is 83.1. The van der Waals surface area contributed by atoms with Gasteiger partial charge in [0.15, 0.2) is 12.4 Å². The summed E-state index contributed by atoms with van der Waals surface area (Å²) in [5.41, 5.74) is 2.64. The molecule has 0 amide bonds. The van der Waals surface area contributed by atoms with Crippen molar-refractivity contribution in [2.75, 3.05) is 7.11 Å². The molecule has 0 N–H and O–H groups in total. The molecule has 5 rings (SSSR count). The third-order valence-electron chi connectivity index (χ3n) is 7.12. The largest absolute Gasteiger partial charge is 0.365 e. The van der Waals surface area contributed by atoms with Gasteiger partial charge < -0.3 is 14.2 Å². The van der Waals surface area contributed by atoms with E-state index in [9.17, 15) is 16.8 Å². The van der Waals surface area contributed by atoms with Gasteiger partial charge in [-0.2, -0.15) is 16.8 Å². The number of ether oxygens (including phenoxy) is 3. The van der Waals surface area contributed by atoms with Crippen molar-refractivity contribution in [1.82, 2.24) is 0 Å². The van der Waals surface area contributed by atoms with E-state index in [4.69, 9.17) is 22.6 Å². The van der Waals surface area contributed by atoms with Crippen molar-refractivity contribution in [1.29, 1.82) is 0 Å². The number of benzene rings is 3.